The van der Waals surface area contributed by atoms with E-state index in [1.54, 1.807) is 12.3 Å². The third kappa shape index (κ3) is 4.85. The van der Waals surface area contributed by atoms with Crippen LogP contribution in [0.4, 0.5) is 17.5 Å². The number of ether oxygens (including phenoxy) is 1. The van der Waals surface area contributed by atoms with Crippen molar-refractivity contribution in [2.24, 2.45) is 5.92 Å². The Hall–Kier alpha value is -2.66. The number of carbonyl (C=O) groups excluding carboxylic acids is 1. The molecule has 1 saturated carbocycles. The van der Waals surface area contributed by atoms with Crippen LogP contribution in [0.15, 0.2) is 22.8 Å². The van der Waals surface area contributed by atoms with Gasteiger partial charge in [0, 0.05) is 28.0 Å². The number of halogens is 1. The number of benzene rings is 1. The number of methoxy groups -OCH3 is 1. The smallest absolute Gasteiger partial charge is 0.339 e. The van der Waals surface area contributed by atoms with Crippen LogP contribution < -0.4 is 10.6 Å². The van der Waals surface area contributed by atoms with E-state index in [0.717, 1.165) is 42.6 Å². The maximum absolute atomic E-state index is 12.0. The zero-order valence-electron chi connectivity index (χ0n) is 16.8. The van der Waals surface area contributed by atoms with E-state index in [0.29, 0.717) is 21.7 Å². The van der Waals surface area contributed by atoms with Crippen molar-refractivity contribution in [2.75, 3.05) is 17.7 Å². The lowest BCUT2D eigenvalue weighted by atomic mass is 9.85. The van der Waals surface area contributed by atoms with Gasteiger partial charge in [0.25, 0.3) is 0 Å². The number of hydrogen-bond donors (Lipinski definition) is 2. The third-order valence-corrected chi connectivity index (χ3v) is 6.19. The predicted molar refractivity (Wildman–Crippen MR) is 115 cm³/mol. The Bertz CT molecular complexity index is 957. The molecule has 0 spiro atoms. The normalized spacial score (nSPS) is 18.6. The lowest BCUT2D eigenvalue weighted by molar-refractivity contribution is 0.0599. The van der Waals surface area contributed by atoms with Crippen molar-refractivity contribution in [1.82, 2.24) is 9.97 Å². The fourth-order valence-corrected chi connectivity index (χ4v) is 3.90. The summed E-state index contributed by atoms with van der Waals surface area (Å²) in [5.74, 6) is 0.707. The van der Waals surface area contributed by atoms with E-state index in [1.165, 1.54) is 7.11 Å². The molecule has 0 saturated heterocycles. The van der Waals surface area contributed by atoms with Crippen molar-refractivity contribution >= 4 is 39.4 Å². The molecule has 1 aromatic heterocycles. The van der Waals surface area contributed by atoms with Gasteiger partial charge >= 0.3 is 5.97 Å². The van der Waals surface area contributed by atoms with E-state index in [2.05, 4.69) is 42.6 Å². The Morgan fingerprint density at radius 2 is 2.03 bits per heavy atom. The summed E-state index contributed by atoms with van der Waals surface area (Å²) < 4.78 is 5.55. The number of aryl methyl sites for hydroxylation is 2. The molecule has 29 heavy (non-hydrogen) atoms. The van der Waals surface area contributed by atoms with E-state index < -0.39 is 5.97 Å². The number of nitrogens with one attached hydrogen (secondary N) is 2. The molecule has 2 N–H and O–H groups in total. The summed E-state index contributed by atoms with van der Waals surface area (Å²) >= 11 is 3.43. The van der Waals surface area contributed by atoms with Gasteiger partial charge in [-0.15, -0.1) is 0 Å². The number of anilines is 3. The summed E-state index contributed by atoms with van der Waals surface area (Å²) in [6.45, 7) is 3.84. The minimum Gasteiger partial charge on any atom is -0.465 e. The van der Waals surface area contributed by atoms with Gasteiger partial charge in [-0.05, 0) is 60.3 Å². The second-order valence-electron chi connectivity index (χ2n) is 7.27. The quantitative estimate of drug-likeness (QED) is 0.616. The molecule has 8 heteroatoms. The van der Waals surface area contributed by atoms with E-state index in [1.807, 2.05) is 19.9 Å². The van der Waals surface area contributed by atoms with Crippen molar-refractivity contribution in [2.45, 2.75) is 45.6 Å². The summed E-state index contributed by atoms with van der Waals surface area (Å²) in [5, 5.41) is 16.0. The minimum absolute atomic E-state index is 0.00809. The lowest BCUT2D eigenvalue weighted by Gasteiger charge is -2.28. The van der Waals surface area contributed by atoms with Crippen molar-refractivity contribution in [1.29, 1.82) is 5.26 Å². The van der Waals surface area contributed by atoms with Gasteiger partial charge in [0.1, 0.15) is 5.82 Å². The summed E-state index contributed by atoms with van der Waals surface area (Å²) in [5.41, 5.74) is 2.92. The lowest BCUT2D eigenvalue weighted by Crippen LogP contribution is -2.32. The summed E-state index contributed by atoms with van der Waals surface area (Å²) in [6, 6.07) is 6.11. The molecule has 2 atom stereocenters. The summed E-state index contributed by atoms with van der Waals surface area (Å²) in [7, 11) is 1.35. The molecule has 0 bridgehead atoms. The number of nitriles is 1. The fourth-order valence-electron chi connectivity index (χ4n) is 3.51. The molecule has 0 amide bonds. The van der Waals surface area contributed by atoms with Gasteiger partial charge in [-0.25, -0.2) is 9.78 Å². The Labute approximate surface area is 179 Å². The van der Waals surface area contributed by atoms with Gasteiger partial charge in [-0.1, -0.05) is 12.8 Å². The number of nitrogens with zero attached hydrogens (tertiary/aromatic N) is 3. The van der Waals surface area contributed by atoms with Crippen LogP contribution in [0, 0.1) is 31.1 Å². The molecule has 3 rings (SSSR count). The Balaban J connectivity index is 1.84. The molecule has 1 heterocycles. The van der Waals surface area contributed by atoms with E-state index in [-0.39, 0.29) is 12.0 Å². The Morgan fingerprint density at radius 1 is 1.28 bits per heavy atom. The second-order valence-corrected chi connectivity index (χ2v) is 8.06. The monoisotopic (exact) mass is 457 g/mol. The average molecular weight is 458 g/mol. The average Bonchev–Trinajstić information content (AvgIpc) is 2.72. The van der Waals surface area contributed by atoms with Crippen LogP contribution in [0.5, 0.6) is 0 Å². The summed E-state index contributed by atoms with van der Waals surface area (Å²) in [4.78, 5) is 21.0. The molecular formula is C21H24BrN5O2. The Kier molecular flexibility index (Phi) is 6.70. The number of esters is 1. The van der Waals surface area contributed by atoms with E-state index >= 15 is 0 Å². The maximum atomic E-state index is 12.0. The van der Waals surface area contributed by atoms with Crippen LogP contribution in [-0.2, 0) is 4.74 Å². The van der Waals surface area contributed by atoms with Gasteiger partial charge in [0.05, 0.1) is 24.7 Å². The van der Waals surface area contributed by atoms with Gasteiger partial charge in [0.15, 0.2) is 0 Å². The first kappa shape index (κ1) is 21.1. The van der Waals surface area contributed by atoms with Crippen LogP contribution >= 0.6 is 15.9 Å². The number of carbonyl (C=O) groups is 1. The maximum Gasteiger partial charge on any atom is 0.339 e. The third-order valence-electron chi connectivity index (χ3n) is 5.14. The van der Waals surface area contributed by atoms with Crippen molar-refractivity contribution in [3.05, 3.63) is 39.5 Å². The second kappa shape index (κ2) is 9.23. The zero-order valence-corrected chi connectivity index (χ0v) is 18.3. The van der Waals surface area contributed by atoms with Gasteiger partial charge in [-0.3, -0.25) is 0 Å². The fraction of sp³-hybridized carbons (Fsp3) is 0.429. The van der Waals surface area contributed by atoms with E-state index in [4.69, 9.17) is 4.74 Å². The van der Waals surface area contributed by atoms with Crippen molar-refractivity contribution in [3.8, 4) is 6.07 Å². The molecule has 1 unspecified atom stereocenters. The van der Waals surface area contributed by atoms with Crippen LogP contribution in [-0.4, -0.2) is 29.1 Å². The molecule has 7 nitrogen and oxygen atoms in total. The SMILES string of the molecule is COC(=O)c1cc(Nc2ncc(C)c(N[C@H]3CCCCC3C#N)n2)cc(C)c1Br. The van der Waals surface area contributed by atoms with Crippen LogP contribution in [0.25, 0.3) is 0 Å². The first-order chi connectivity index (χ1) is 13.9. The summed E-state index contributed by atoms with van der Waals surface area (Å²) in [6.07, 6.45) is 5.82. The predicted octanol–water partition coefficient (Wildman–Crippen LogP) is 4.88. The minimum atomic E-state index is -0.421. The zero-order chi connectivity index (χ0) is 21.0. The molecular weight excluding hydrogens is 434 g/mol. The van der Waals surface area contributed by atoms with Crippen molar-refractivity contribution in [3.63, 3.8) is 0 Å². The molecule has 2 aromatic rings. The van der Waals surface area contributed by atoms with Gasteiger partial charge in [-0.2, -0.15) is 10.2 Å². The molecule has 152 valence electrons. The highest BCUT2D eigenvalue weighted by atomic mass is 79.9. The molecule has 1 aliphatic carbocycles. The highest BCUT2D eigenvalue weighted by molar-refractivity contribution is 9.10. The first-order valence-electron chi connectivity index (χ1n) is 9.58. The van der Waals surface area contributed by atoms with Gasteiger partial charge in [0.2, 0.25) is 5.95 Å². The first-order valence-corrected chi connectivity index (χ1v) is 10.4. The number of rotatable bonds is 5. The van der Waals surface area contributed by atoms with Crippen LogP contribution in [0.1, 0.15) is 47.2 Å². The molecule has 1 aliphatic rings. The highest BCUT2D eigenvalue weighted by Gasteiger charge is 2.25. The largest absolute Gasteiger partial charge is 0.465 e. The molecule has 1 aromatic carbocycles. The Morgan fingerprint density at radius 3 is 2.76 bits per heavy atom. The van der Waals surface area contributed by atoms with E-state index in [9.17, 15) is 10.1 Å². The standard InChI is InChI=1S/C21H24BrN5O2/c1-12-8-15(9-16(18(12)22)20(28)29-3)25-21-24-11-13(2)19(27-21)26-17-7-5-4-6-14(17)10-23/h8-9,11,14,17H,4-7H2,1-3H3,(H2,24,25,26,27)/t14?,17-/m0/s1. The van der Waals surface area contributed by atoms with Crippen molar-refractivity contribution < 1.29 is 9.53 Å². The topological polar surface area (TPSA) is 99.9 Å². The number of aromatic nitrogens is 2. The molecule has 0 radical (unpaired) electrons. The molecule has 1 fully saturated rings. The number of hydrogen-bond acceptors (Lipinski definition) is 7. The molecule has 0 aliphatic heterocycles. The van der Waals surface area contributed by atoms with Crippen LogP contribution in [0.3, 0.4) is 0 Å². The van der Waals surface area contributed by atoms with Gasteiger partial charge < -0.3 is 15.4 Å². The van der Waals surface area contributed by atoms with Crippen LogP contribution in [0.2, 0.25) is 0 Å². The highest BCUT2D eigenvalue weighted by Crippen LogP contribution is 2.29.